The molecule has 5 nitrogen and oxygen atoms in total. The lowest BCUT2D eigenvalue weighted by molar-refractivity contribution is -0.129. The van der Waals surface area contributed by atoms with Crippen LogP contribution in [0.4, 0.5) is 0 Å². The van der Waals surface area contributed by atoms with Crippen LogP contribution in [0.15, 0.2) is 42.5 Å². The monoisotopic (exact) mass is 338 g/mol. The van der Waals surface area contributed by atoms with E-state index in [2.05, 4.69) is 11.4 Å². The number of benzene rings is 2. The number of carbonyl (C=O) groups is 2. The molecule has 0 unspecified atom stereocenters. The Hall–Kier alpha value is -2.82. The second-order valence-corrected chi connectivity index (χ2v) is 6.58. The summed E-state index contributed by atoms with van der Waals surface area (Å²) in [6.45, 7) is 5.02. The molecule has 2 aromatic rings. The van der Waals surface area contributed by atoms with Crippen molar-refractivity contribution in [2.75, 3.05) is 6.54 Å². The molecule has 0 radical (unpaired) electrons. The van der Waals surface area contributed by atoms with E-state index in [-0.39, 0.29) is 17.2 Å². The summed E-state index contributed by atoms with van der Waals surface area (Å²) in [5, 5.41) is 12.6. The van der Waals surface area contributed by atoms with Crippen molar-refractivity contribution < 1.29 is 14.7 Å². The fourth-order valence-electron chi connectivity index (χ4n) is 3.13. The standard InChI is InChI=1S/C20H22N2O3/c1-13-4-3-5-15(10-13)12-22-9-8-17(20(22)25)21-19(24)16-11-14(2)6-7-18(16)23/h3-7,10-11,17,23H,8-9,12H2,1-2H3,(H,21,24)/t17-/m0/s1. The molecule has 1 aliphatic rings. The molecule has 1 heterocycles. The third kappa shape index (κ3) is 3.82. The van der Waals surface area contributed by atoms with Gasteiger partial charge in [0.05, 0.1) is 5.56 Å². The smallest absolute Gasteiger partial charge is 0.255 e. The van der Waals surface area contributed by atoms with Crippen LogP contribution in [0.5, 0.6) is 5.75 Å². The highest BCUT2D eigenvalue weighted by Crippen LogP contribution is 2.20. The molecule has 2 amide bonds. The quantitative estimate of drug-likeness (QED) is 0.900. The molecule has 3 rings (SSSR count). The van der Waals surface area contributed by atoms with E-state index in [1.54, 1.807) is 17.0 Å². The van der Waals surface area contributed by atoms with Crippen LogP contribution in [0, 0.1) is 13.8 Å². The largest absolute Gasteiger partial charge is 0.507 e. The van der Waals surface area contributed by atoms with Gasteiger partial charge < -0.3 is 15.3 Å². The Bertz CT molecular complexity index is 816. The van der Waals surface area contributed by atoms with Crippen LogP contribution in [-0.2, 0) is 11.3 Å². The van der Waals surface area contributed by atoms with E-state index in [0.29, 0.717) is 19.5 Å². The van der Waals surface area contributed by atoms with Gasteiger partial charge in [0.1, 0.15) is 11.8 Å². The van der Waals surface area contributed by atoms with E-state index < -0.39 is 11.9 Å². The molecule has 25 heavy (non-hydrogen) atoms. The van der Waals surface area contributed by atoms with Crippen LogP contribution in [0.3, 0.4) is 0 Å². The number of nitrogens with one attached hydrogen (secondary N) is 1. The molecule has 2 N–H and O–H groups in total. The normalized spacial score (nSPS) is 17.0. The van der Waals surface area contributed by atoms with E-state index in [1.165, 1.54) is 6.07 Å². The Morgan fingerprint density at radius 1 is 1.20 bits per heavy atom. The van der Waals surface area contributed by atoms with E-state index in [4.69, 9.17) is 0 Å². The predicted octanol–water partition coefficient (Wildman–Crippen LogP) is 2.54. The van der Waals surface area contributed by atoms with Gasteiger partial charge in [0.15, 0.2) is 0 Å². The summed E-state index contributed by atoms with van der Waals surface area (Å²) in [6, 6.07) is 12.4. The van der Waals surface area contributed by atoms with E-state index >= 15 is 0 Å². The molecule has 0 bridgehead atoms. The first-order chi connectivity index (χ1) is 11.9. The van der Waals surface area contributed by atoms with Crippen LogP contribution >= 0.6 is 0 Å². The van der Waals surface area contributed by atoms with Crippen LogP contribution < -0.4 is 5.32 Å². The lowest BCUT2D eigenvalue weighted by atomic mass is 10.1. The Labute approximate surface area is 147 Å². The third-order valence-corrected chi connectivity index (χ3v) is 4.46. The average molecular weight is 338 g/mol. The lowest BCUT2D eigenvalue weighted by Crippen LogP contribution is -2.41. The minimum Gasteiger partial charge on any atom is -0.507 e. The maximum absolute atomic E-state index is 12.6. The fraction of sp³-hybridized carbons (Fsp3) is 0.300. The first-order valence-corrected chi connectivity index (χ1v) is 8.39. The predicted molar refractivity (Wildman–Crippen MR) is 95.3 cm³/mol. The van der Waals surface area contributed by atoms with Gasteiger partial charge >= 0.3 is 0 Å². The topological polar surface area (TPSA) is 69.6 Å². The Balaban J connectivity index is 1.66. The zero-order valence-electron chi connectivity index (χ0n) is 14.5. The summed E-state index contributed by atoms with van der Waals surface area (Å²) < 4.78 is 0. The zero-order chi connectivity index (χ0) is 18.0. The molecule has 0 aliphatic carbocycles. The molecule has 1 fully saturated rings. The molecule has 130 valence electrons. The van der Waals surface area contributed by atoms with E-state index in [9.17, 15) is 14.7 Å². The number of likely N-dealkylation sites (tertiary alicyclic amines) is 1. The highest BCUT2D eigenvalue weighted by atomic mass is 16.3. The average Bonchev–Trinajstić information content (AvgIpc) is 2.90. The van der Waals surface area contributed by atoms with Crippen molar-refractivity contribution in [3.8, 4) is 5.75 Å². The maximum Gasteiger partial charge on any atom is 0.255 e. The Morgan fingerprint density at radius 3 is 2.72 bits per heavy atom. The Kier molecular flexibility index (Phi) is 4.74. The van der Waals surface area contributed by atoms with Crippen LogP contribution in [-0.4, -0.2) is 34.4 Å². The van der Waals surface area contributed by atoms with Crippen LogP contribution in [0.2, 0.25) is 0 Å². The van der Waals surface area contributed by atoms with Crippen molar-refractivity contribution in [1.29, 1.82) is 0 Å². The molecule has 0 spiro atoms. The lowest BCUT2D eigenvalue weighted by Gasteiger charge is -2.18. The molecule has 0 saturated carbocycles. The van der Waals surface area contributed by atoms with Gasteiger partial charge in [-0.3, -0.25) is 9.59 Å². The van der Waals surface area contributed by atoms with Gasteiger partial charge in [0, 0.05) is 13.1 Å². The summed E-state index contributed by atoms with van der Waals surface area (Å²) in [7, 11) is 0. The summed E-state index contributed by atoms with van der Waals surface area (Å²) in [6.07, 6.45) is 0.572. The number of phenols is 1. The third-order valence-electron chi connectivity index (χ3n) is 4.46. The van der Waals surface area contributed by atoms with Gasteiger partial charge in [-0.1, -0.05) is 41.5 Å². The molecular weight excluding hydrogens is 316 g/mol. The van der Waals surface area contributed by atoms with E-state index in [1.807, 2.05) is 32.0 Å². The van der Waals surface area contributed by atoms with Crippen LogP contribution in [0.25, 0.3) is 0 Å². The molecule has 1 aliphatic heterocycles. The minimum absolute atomic E-state index is 0.0786. The van der Waals surface area contributed by atoms with Crippen LogP contribution in [0.1, 0.15) is 33.5 Å². The number of phenolic OH excluding ortho intramolecular Hbond substituents is 1. The van der Waals surface area contributed by atoms with Crippen molar-refractivity contribution in [2.24, 2.45) is 0 Å². The molecule has 0 aromatic heterocycles. The molecule has 1 atom stereocenters. The summed E-state index contributed by atoms with van der Waals surface area (Å²) in [5.41, 5.74) is 3.31. The number of rotatable bonds is 4. The Morgan fingerprint density at radius 2 is 1.96 bits per heavy atom. The fourth-order valence-corrected chi connectivity index (χ4v) is 3.13. The zero-order valence-corrected chi connectivity index (χ0v) is 14.5. The molecule has 2 aromatic carbocycles. The molecule has 1 saturated heterocycles. The number of hydrogen-bond acceptors (Lipinski definition) is 3. The van der Waals surface area contributed by atoms with Crippen molar-refractivity contribution in [1.82, 2.24) is 10.2 Å². The number of aryl methyl sites for hydroxylation is 2. The second kappa shape index (κ2) is 6.97. The minimum atomic E-state index is -0.544. The van der Waals surface area contributed by atoms with Gasteiger partial charge in [0.2, 0.25) is 5.91 Å². The molecular formula is C20H22N2O3. The van der Waals surface area contributed by atoms with Gasteiger partial charge in [-0.25, -0.2) is 0 Å². The van der Waals surface area contributed by atoms with Crippen molar-refractivity contribution in [3.63, 3.8) is 0 Å². The summed E-state index contributed by atoms with van der Waals surface area (Å²) in [4.78, 5) is 26.7. The number of hydrogen-bond donors (Lipinski definition) is 2. The summed E-state index contributed by atoms with van der Waals surface area (Å²) in [5.74, 6) is -0.580. The summed E-state index contributed by atoms with van der Waals surface area (Å²) >= 11 is 0. The number of amides is 2. The maximum atomic E-state index is 12.6. The number of aromatic hydroxyl groups is 1. The van der Waals surface area contributed by atoms with Crippen molar-refractivity contribution in [3.05, 3.63) is 64.7 Å². The van der Waals surface area contributed by atoms with Crippen molar-refractivity contribution in [2.45, 2.75) is 32.9 Å². The van der Waals surface area contributed by atoms with Crippen molar-refractivity contribution >= 4 is 11.8 Å². The first-order valence-electron chi connectivity index (χ1n) is 8.39. The number of nitrogens with zero attached hydrogens (tertiary/aromatic N) is 1. The molecule has 5 heteroatoms. The van der Waals surface area contributed by atoms with E-state index in [0.717, 1.165) is 16.7 Å². The van der Waals surface area contributed by atoms with Gasteiger partial charge in [-0.05, 0) is 38.0 Å². The van der Waals surface area contributed by atoms with Gasteiger partial charge in [-0.15, -0.1) is 0 Å². The highest BCUT2D eigenvalue weighted by Gasteiger charge is 2.33. The SMILES string of the molecule is Cc1cccc(CN2CC[C@H](NC(=O)c3cc(C)ccc3O)C2=O)c1. The van der Waals surface area contributed by atoms with Gasteiger partial charge in [0.25, 0.3) is 5.91 Å². The highest BCUT2D eigenvalue weighted by molar-refractivity contribution is 6.00. The first kappa shape index (κ1) is 17.0. The number of carbonyl (C=O) groups excluding carboxylic acids is 2. The van der Waals surface area contributed by atoms with Gasteiger partial charge in [-0.2, -0.15) is 0 Å². The second-order valence-electron chi connectivity index (χ2n) is 6.58.